The molecule has 1 aromatic carbocycles. The third kappa shape index (κ3) is 2.45. The molecule has 0 fully saturated rings. The summed E-state index contributed by atoms with van der Waals surface area (Å²) in [5, 5.41) is 4.39. The molecule has 0 N–H and O–H groups in total. The van der Waals surface area contributed by atoms with Crippen LogP contribution in [-0.4, -0.2) is 30.3 Å². The number of hydrogen-bond donors (Lipinski definition) is 0. The molecule has 0 unspecified atom stereocenters. The van der Waals surface area contributed by atoms with E-state index in [2.05, 4.69) is 5.10 Å². The number of aryl methyl sites for hydroxylation is 1. The van der Waals surface area contributed by atoms with E-state index in [9.17, 15) is 4.79 Å². The van der Waals surface area contributed by atoms with E-state index in [1.807, 2.05) is 19.1 Å². The van der Waals surface area contributed by atoms with Crippen LogP contribution in [0.25, 0.3) is 11.3 Å². The molecule has 0 saturated heterocycles. The van der Waals surface area contributed by atoms with Gasteiger partial charge in [-0.25, -0.2) is 0 Å². The Labute approximate surface area is 111 Å². The molecule has 0 bridgehead atoms. The van der Waals surface area contributed by atoms with E-state index in [-0.39, 0.29) is 0 Å². The molecule has 0 radical (unpaired) electrons. The van der Waals surface area contributed by atoms with Crippen molar-refractivity contribution in [2.45, 2.75) is 13.5 Å². The molecule has 0 aliphatic rings. The maximum Gasteiger partial charge on any atom is 0.161 e. The molecular formula is C14H16N2O3. The Morgan fingerprint density at radius 3 is 2.58 bits per heavy atom. The molecule has 1 heterocycles. The minimum Gasteiger partial charge on any atom is -0.493 e. The van der Waals surface area contributed by atoms with Gasteiger partial charge in [0.15, 0.2) is 17.8 Å². The molecule has 0 atom stereocenters. The largest absolute Gasteiger partial charge is 0.493 e. The molecule has 100 valence electrons. The van der Waals surface area contributed by atoms with Crippen molar-refractivity contribution in [3.8, 4) is 22.8 Å². The first-order valence-corrected chi connectivity index (χ1v) is 5.98. The summed E-state index contributed by atoms with van der Waals surface area (Å²) in [6.07, 6.45) is 2.55. The fourth-order valence-electron chi connectivity index (χ4n) is 1.89. The van der Waals surface area contributed by atoms with Crippen LogP contribution in [0.2, 0.25) is 0 Å². The summed E-state index contributed by atoms with van der Waals surface area (Å²) in [5.74, 6) is 1.26. The number of ether oxygens (including phenoxy) is 2. The van der Waals surface area contributed by atoms with E-state index < -0.39 is 0 Å². The minimum atomic E-state index is 0.564. The van der Waals surface area contributed by atoms with Crippen LogP contribution in [0.1, 0.15) is 17.3 Å². The number of hydrogen-bond acceptors (Lipinski definition) is 4. The molecule has 0 saturated carbocycles. The van der Waals surface area contributed by atoms with Gasteiger partial charge in [-0.3, -0.25) is 9.48 Å². The third-order valence-corrected chi connectivity index (χ3v) is 2.90. The Hall–Kier alpha value is -2.30. The Balaban J connectivity index is 2.52. The van der Waals surface area contributed by atoms with Gasteiger partial charge >= 0.3 is 0 Å². The molecule has 0 spiro atoms. The number of methoxy groups -OCH3 is 2. The van der Waals surface area contributed by atoms with Crippen molar-refractivity contribution in [1.82, 2.24) is 9.78 Å². The molecule has 0 aliphatic carbocycles. The van der Waals surface area contributed by atoms with Crippen LogP contribution in [0.3, 0.4) is 0 Å². The van der Waals surface area contributed by atoms with Crippen LogP contribution in [0.5, 0.6) is 11.5 Å². The van der Waals surface area contributed by atoms with Crippen molar-refractivity contribution in [3.05, 3.63) is 30.0 Å². The molecule has 0 aliphatic heterocycles. The van der Waals surface area contributed by atoms with E-state index >= 15 is 0 Å². The summed E-state index contributed by atoms with van der Waals surface area (Å²) in [5.41, 5.74) is 2.04. The van der Waals surface area contributed by atoms with Gasteiger partial charge < -0.3 is 9.47 Å². The Morgan fingerprint density at radius 1 is 1.26 bits per heavy atom. The highest BCUT2D eigenvalue weighted by Crippen LogP contribution is 2.32. The Kier molecular flexibility index (Phi) is 3.85. The van der Waals surface area contributed by atoms with Crippen molar-refractivity contribution < 1.29 is 14.3 Å². The van der Waals surface area contributed by atoms with Crippen molar-refractivity contribution in [1.29, 1.82) is 0 Å². The zero-order valence-electron chi connectivity index (χ0n) is 11.2. The summed E-state index contributed by atoms with van der Waals surface area (Å²) < 4.78 is 12.2. The second-order valence-electron chi connectivity index (χ2n) is 3.98. The second kappa shape index (κ2) is 5.56. The maximum absolute atomic E-state index is 11.1. The van der Waals surface area contributed by atoms with Gasteiger partial charge in [0, 0.05) is 18.3 Å². The molecule has 5 heteroatoms. The number of aromatic nitrogens is 2. The van der Waals surface area contributed by atoms with Crippen molar-refractivity contribution in [3.63, 3.8) is 0 Å². The smallest absolute Gasteiger partial charge is 0.161 e. The van der Waals surface area contributed by atoms with Crippen LogP contribution in [0, 0.1) is 0 Å². The van der Waals surface area contributed by atoms with Gasteiger partial charge in [0.1, 0.15) is 5.69 Å². The van der Waals surface area contributed by atoms with Crippen LogP contribution in [-0.2, 0) is 6.54 Å². The SMILES string of the molecule is CCn1cc(C=O)c(-c2ccc(OC)c(OC)c2)n1. The highest BCUT2D eigenvalue weighted by Gasteiger charge is 2.13. The second-order valence-corrected chi connectivity index (χ2v) is 3.98. The Morgan fingerprint density at radius 2 is 2.00 bits per heavy atom. The van der Waals surface area contributed by atoms with Gasteiger partial charge in [0.05, 0.1) is 19.8 Å². The summed E-state index contributed by atoms with van der Waals surface area (Å²) in [6, 6.07) is 5.47. The lowest BCUT2D eigenvalue weighted by Crippen LogP contribution is -1.94. The monoisotopic (exact) mass is 260 g/mol. The first-order valence-electron chi connectivity index (χ1n) is 5.98. The average Bonchev–Trinajstić information content (AvgIpc) is 2.89. The van der Waals surface area contributed by atoms with Gasteiger partial charge in [-0.05, 0) is 25.1 Å². The number of benzene rings is 1. The van der Waals surface area contributed by atoms with Gasteiger partial charge in [-0.15, -0.1) is 0 Å². The summed E-state index contributed by atoms with van der Waals surface area (Å²) in [7, 11) is 3.16. The minimum absolute atomic E-state index is 0.564. The normalized spacial score (nSPS) is 10.3. The average molecular weight is 260 g/mol. The highest BCUT2D eigenvalue weighted by atomic mass is 16.5. The number of rotatable bonds is 5. The number of aldehydes is 1. The molecule has 19 heavy (non-hydrogen) atoms. The zero-order valence-corrected chi connectivity index (χ0v) is 11.2. The lowest BCUT2D eigenvalue weighted by Gasteiger charge is -2.08. The van der Waals surface area contributed by atoms with Crippen molar-refractivity contribution in [2.75, 3.05) is 14.2 Å². The third-order valence-electron chi connectivity index (χ3n) is 2.90. The van der Waals surface area contributed by atoms with E-state index in [1.54, 1.807) is 31.2 Å². The molecule has 5 nitrogen and oxygen atoms in total. The topological polar surface area (TPSA) is 53.4 Å². The van der Waals surface area contributed by atoms with Gasteiger partial charge in [0.25, 0.3) is 0 Å². The van der Waals surface area contributed by atoms with Crippen LogP contribution < -0.4 is 9.47 Å². The van der Waals surface area contributed by atoms with E-state index in [0.717, 1.165) is 11.8 Å². The van der Waals surface area contributed by atoms with Crippen LogP contribution in [0.4, 0.5) is 0 Å². The number of nitrogens with zero attached hydrogens (tertiary/aromatic N) is 2. The molecule has 2 rings (SSSR count). The summed E-state index contributed by atoms with van der Waals surface area (Å²) in [6.45, 7) is 2.69. The zero-order chi connectivity index (χ0) is 13.8. The standard InChI is InChI=1S/C14H16N2O3/c1-4-16-8-11(9-17)14(15-16)10-5-6-12(18-2)13(7-10)19-3/h5-9H,4H2,1-3H3. The van der Waals surface area contributed by atoms with E-state index in [4.69, 9.17) is 9.47 Å². The lowest BCUT2D eigenvalue weighted by molar-refractivity contribution is 0.112. The van der Waals surface area contributed by atoms with Crippen LogP contribution >= 0.6 is 0 Å². The summed E-state index contributed by atoms with van der Waals surface area (Å²) in [4.78, 5) is 11.1. The molecule has 2 aromatic rings. The predicted molar refractivity (Wildman–Crippen MR) is 71.8 cm³/mol. The first-order chi connectivity index (χ1) is 9.23. The maximum atomic E-state index is 11.1. The predicted octanol–water partition coefficient (Wildman–Crippen LogP) is 2.40. The first kappa shape index (κ1) is 13.1. The Bertz CT molecular complexity index is 590. The number of carbonyl (C=O) groups excluding carboxylic acids is 1. The fourth-order valence-corrected chi connectivity index (χ4v) is 1.89. The van der Waals surface area contributed by atoms with Gasteiger partial charge in [-0.1, -0.05) is 0 Å². The lowest BCUT2D eigenvalue weighted by atomic mass is 10.1. The molecule has 1 aromatic heterocycles. The molecular weight excluding hydrogens is 244 g/mol. The number of carbonyl (C=O) groups is 1. The van der Waals surface area contributed by atoms with Gasteiger partial charge in [-0.2, -0.15) is 5.10 Å². The fraction of sp³-hybridized carbons (Fsp3) is 0.286. The van der Waals surface area contributed by atoms with Crippen molar-refractivity contribution >= 4 is 6.29 Å². The quantitative estimate of drug-likeness (QED) is 0.775. The van der Waals surface area contributed by atoms with Crippen LogP contribution in [0.15, 0.2) is 24.4 Å². The highest BCUT2D eigenvalue weighted by molar-refractivity contribution is 5.85. The van der Waals surface area contributed by atoms with Gasteiger partial charge in [0.2, 0.25) is 0 Å². The summed E-state index contributed by atoms with van der Waals surface area (Å²) >= 11 is 0. The van der Waals surface area contributed by atoms with Crippen molar-refractivity contribution in [2.24, 2.45) is 0 Å². The van der Waals surface area contributed by atoms with E-state index in [0.29, 0.717) is 29.3 Å². The van der Waals surface area contributed by atoms with E-state index in [1.165, 1.54) is 0 Å². The molecule has 0 amide bonds.